The number of alkyl halides is 6. The molecular formula is C20H18Cl2F6N2O2. The van der Waals surface area contributed by atoms with E-state index in [2.05, 4.69) is 10.6 Å². The summed E-state index contributed by atoms with van der Waals surface area (Å²) in [5.41, 5.74) is -5.89. The van der Waals surface area contributed by atoms with Crippen molar-refractivity contribution in [2.24, 2.45) is 0 Å². The Bertz CT molecular complexity index is 961. The number of anilines is 1. The summed E-state index contributed by atoms with van der Waals surface area (Å²) in [6.45, 7) is -0.0897. The monoisotopic (exact) mass is 502 g/mol. The Labute approximate surface area is 189 Å². The van der Waals surface area contributed by atoms with Crippen LogP contribution >= 0.6 is 23.2 Å². The summed E-state index contributed by atoms with van der Waals surface area (Å²) in [6.07, 6.45) is -9.96. The Hall–Kier alpha value is -2.17. The lowest BCUT2D eigenvalue weighted by Gasteiger charge is -2.32. The summed E-state index contributed by atoms with van der Waals surface area (Å²) in [5, 5.41) is 14.6. The molecule has 1 atom stereocenters. The fraction of sp³-hybridized carbons (Fsp3) is 0.350. The maximum Gasteiger partial charge on any atom is 0.423 e. The van der Waals surface area contributed by atoms with Crippen LogP contribution in [0.2, 0.25) is 10.0 Å². The molecule has 0 saturated carbocycles. The average molecular weight is 503 g/mol. The molecule has 0 radical (unpaired) electrons. The molecule has 0 heterocycles. The first-order valence-electron chi connectivity index (χ1n) is 9.13. The van der Waals surface area contributed by atoms with Gasteiger partial charge in [0.2, 0.25) is 11.5 Å². The molecule has 0 fully saturated rings. The molecule has 0 spiro atoms. The Kier molecular flexibility index (Phi) is 7.96. The van der Waals surface area contributed by atoms with Gasteiger partial charge in [-0.1, -0.05) is 36.2 Å². The highest BCUT2D eigenvalue weighted by molar-refractivity contribution is 6.34. The number of aliphatic hydroxyl groups is 1. The van der Waals surface area contributed by atoms with Crippen molar-refractivity contribution < 1.29 is 36.2 Å². The summed E-state index contributed by atoms with van der Waals surface area (Å²) in [5.74, 6) is -0.462. The Morgan fingerprint density at radius 1 is 1.00 bits per heavy atom. The van der Waals surface area contributed by atoms with E-state index in [-0.39, 0.29) is 27.7 Å². The zero-order valence-corrected chi connectivity index (χ0v) is 18.0. The predicted octanol–water partition coefficient (Wildman–Crippen LogP) is 5.90. The van der Waals surface area contributed by atoms with Crippen molar-refractivity contribution >= 4 is 34.8 Å². The van der Waals surface area contributed by atoms with Crippen LogP contribution in [0.3, 0.4) is 0 Å². The van der Waals surface area contributed by atoms with Crippen LogP contribution in [0.4, 0.5) is 32.0 Å². The summed E-state index contributed by atoms with van der Waals surface area (Å²) < 4.78 is 81.5. The van der Waals surface area contributed by atoms with Crippen molar-refractivity contribution in [3.63, 3.8) is 0 Å². The van der Waals surface area contributed by atoms with Gasteiger partial charge in [0.1, 0.15) is 0 Å². The fourth-order valence-corrected chi connectivity index (χ4v) is 3.34. The number of hydrogen-bond donors (Lipinski definition) is 3. The van der Waals surface area contributed by atoms with E-state index in [9.17, 15) is 36.2 Å². The van der Waals surface area contributed by atoms with Crippen LogP contribution in [0.1, 0.15) is 30.0 Å². The van der Waals surface area contributed by atoms with Gasteiger partial charge < -0.3 is 15.7 Å². The smallest absolute Gasteiger partial charge is 0.381 e. The van der Waals surface area contributed by atoms with Gasteiger partial charge in [0.25, 0.3) is 0 Å². The van der Waals surface area contributed by atoms with Gasteiger partial charge >= 0.3 is 12.4 Å². The minimum atomic E-state index is -5.20. The molecule has 32 heavy (non-hydrogen) atoms. The SMILES string of the molecule is CCC(=O)NCc1ccc(NC[C@](O)(c2cc(Cl)cc(Cl)c2)C(F)(F)F)cc1C(F)(F)F. The number of amides is 1. The average Bonchev–Trinajstić information content (AvgIpc) is 2.68. The predicted molar refractivity (Wildman–Crippen MR) is 108 cm³/mol. The molecule has 3 N–H and O–H groups in total. The highest BCUT2D eigenvalue weighted by Gasteiger charge is 2.55. The topological polar surface area (TPSA) is 61.4 Å². The van der Waals surface area contributed by atoms with Gasteiger partial charge in [0.15, 0.2) is 0 Å². The maximum atomic E-state index is 13.7. The van der Waals surface area contributed by atoms with Gasteiger partial charge in [-0.25, -0.2) is 0 Å². The van der Waals surface area contributed by atoms with Crippen molar-refractivity contribution in [2.75, 3.05) is 11.9 Å². The van der Waals surface area contributed by atoms with E-state index in [4.69, 9.17) is 23.2 Å². The number of nitrogens with one attached hydrogen (secondary N) is 2. The first-order valence-corrected chi connectivity index (χ1v) is 9.89. The molecule has 0 aliphatic carbocycles. The number of carbonyl (C=O) groups is 1. The number of carbonyl (C=O) groups excluding carboxylic acids is 1. The van der Waals surface area contributed by atoms with E-state index < -0.39 is 48.1 Å². The third-order valence-corrected chi connectivity index (χ3v) is 5.01. The number of benzene rings is 2. The van der Waals surface area contributed by atoms with Crippen molar-refractivity contribution in [2.45, 2.75) is 37.8 Å². The van der Waals surface area contributed by atoms with E-state index >= 15 is 0 Å². The molecule has 0 saturated heterocycles. The van der Waals surface area contributed by atoms with Crippen molar-refractivity contribution in [3.05, 3.63) is 63.1 Å². The third-order valence-electron chi connectivity index (χ3n) is 4.57. The zero-order valence-electron chi connectivity index (χ0n) is 16.5. The van der Waals surface area contributed by atoms with Crippen LogP contribution < -0.4 is 10.6 Å². The number of halogens is 8. The van der Waals surface area contributed by atoms with Crippen LogP contribution in [-0.2, 0) is 23.1 Å². The lowest BCUT2D eigenvalue weighted by Crippen LogP contribution is -2.47. The summed E-state index contributed by atoms with van der Waals surface area (Å²) >= 11 is 11.5. The van der Waals surface area contributed by atoms with Crippen LogP contribution in [0, 0.1) is 0 Å². The molecule has 2 rings (SSSR count). The minimum absolute atomic E-state index is 0.0739. The Morgan fingerprint density at radius 2 is 1.59 bits per heavy atom. The number of hydrogen-bond acceptors (Lipinski definition) is 3. The van der Waals surface area contributed by atoms with E-state index in [1.54, 1.807) is 0 Å². The lowest BCUT2D eigenvalue weighted by atomic mass is 9.92. The molecule has 0 aliphatic heterocycles. The first-order chi connectivity index (χ1) is 14.7. The van der Waals surface area contributed by atoms with E-state index in [0.29, 0.717) is 6.07 Å². The molecule has 0 unspecified atom stereocenters. The summed E-state index contributed by atoms with van der Waals surface area (Å²) in [7, 11) is 0. The summed E-state index contributed by atoms with van der Waals surface area (Å²) in [6, 6.07) is 5.65. The Morgan fingerprint density at radius 3 is 2.09 bits per heavy atom. The van der Waals surface area contributed by atoms with Crippen molar-refractivity contribution in [1.29, 1.82) is 0 Å². The van der Waals surface area contributed by atoms with Gasteiger partial charge in [-0.15, -0.1) is 0 Å². The van der Waals surface area contributed by atoms with Gasteiger partial charge in [-0.3, -0.25) is 4.79 Å². The van der Waals surface area contributed by atoms with Crippen LogP contribution in [0.25, 0.3) is 0 Å². The number of rotatable bonds is 7. The second-order valence-corrected chi connectivity index (χ2v) is 7.74. The molecule has 12 heteroatoms. The normalized spacial score (nSPS) is 14.1. The van der Waals surface area contributed by atoms with Crippen LogP contribution in [0.5, 0.6) is 0 Å². The second kappa shape index (κ2) is 9.76. The van der Waals surface area contributed by atoms with E-state index in [0.717, 1.165) is 24.3 Å². The third kappa shape index (κ3) is 6.20. The second-order valence-electron chi connectivity index (χ2n) is 6.87. The van der Waals surface area contributed by atoms with Gasteiger partial charge in [-0.2, -0.15) is 26.3 Å². The van der Waals surface area contributed by atoms with E-state index in [1.807, 2.05) is 0 Å². The van der Waals surface area contributed by atoms with Crippen LogP contribution in [-0.4, -0.2) is 23.7 Å². The molecule has 1 amide bonds. The molecule has 0 aliphatic rings. The molecule has 0 bridgehead atoms. The highest BCUT2D eigenvalue weighted by Crippen LogP contribution is 2.41. The molecular weight excluding hydrogens is 485 g/mol. The standard InChI is InChI=1S/C20H18Cl2F6N2O2/c1-2-17(31)29-9-11-3-4-15(8-16(11)19(23,24)25)30-10-18(32,20(26,27)28)12-5-13(21)7-14(22)6-12/h3-8,30,32H,2,9-10H2,1H3,(H,29,31)/t18-/m0/s1. The molecule has 2 aromatic carbocycles. The van der Waals surface area contributed by atoms with Gasteiger partial charge in [0.05, 0.1) is 12.1 Å². The van der Waals surface area contributed by atoms with Crippen LogP contribution in [0.15, 0.2) is 36.4 Å². The quantitative estimate of drug-likeness (QED) is 0.413. The molecule has 176 valence electrons. The van der Waals surface area contributed by atoms with Crippen molar-refractivity contribution in [3.8, 4) is 0 Å². The van der Waals surface area contributed by atoms with Gasteiger partial charge in [0, 0.05) is 28.7 Å². The molecule has 4 nitrogen and oxygen atoms in total. The highest BCUT2D eigenvalue weighted by atomic mass is 35.5. The Balaban J connectivity index is 2.36. The van der Waals surface area contributed by atoms with Crippen molar-refractivity contribution in [1.82, 2.24) is 5.32 Å². The summed E-state index contributed by atoms with van der Waals surface area (Å²) in [4.78, 5) is 11.3. The molecule has 0 aromatic heterocycles. The lowest BCUT2D eigenvalue weighted by molar-refractivity contribution is -0.260. The van der Waals surface area contributed by atoms with E-state index in [1.165, 1.54) is 13.0 Å². The fourth-order valence-electron chi connectivity index (χ4n) is 2.81. The first kappa shape index (κ1) is 26.1. The largest absolute Gasteiger partial charge is 0.423 e. The molecule has 2 aromatic rings. The minimum Gasteiger partial charge on any atom is -0.381 e. The maximum absolute atomic E-state index is 13.7. The van der Waals surface area contributed by atoms with Gasteiger partial charge in [-0.05, 0) is 41.5 Å². The zero-order chi connectivity index (χ0) is 24.3.